The predicted molar refractivity (Wildman–Crippen MR) is 79.3 cm³/mol. The molecule has 1 heteroatoms. The van der Waals surface area contributed by atoms with Gasteiger partial charge in [0.05, 0.1) is 0 Å². The van der Waals surface area contributed by atoms with Crippen molar-refractivity contribution in [1.29, 1.82) is 0 Å². The van der Waals surface area contributed by atoms with E-state index in [1.54, 1.807) is 5.56 Å². The highest BCUT2D eigenvalue weighted by molar-refractivity contribution is 5.28. The SMILES string of the molecule is CC[C@@H]1[C@H]2C[C@@H]3CCN2[C@@H]3C[C@H]1c1ccc(C)cc1. The van der Waals surface area contributed by atoms with Gasteiger partial charge in [-0.2, -0.15) is 0 Å². The standard InChI is InChI=1S/C18H25N/c1-3-15-16(13-6-4-12(2)5-7-13)11-17-14-8-9-19(17)18(15)10-14/h4-7,14-18H,3,8-11H2,1-2H3/t14-,15-,16-,17+,18+/m0/s1. The lowest BCUT2D eigenvalue weighted by Crippen LogP contribution is -2.46. The molecule has 6 atom stereocenters. The van der Waals surface area contributed by atoms with E-state index in [0.717, 1.165) is 29.8 Å². The van der Waals surface area contributed by atoms with E-state index in [9.17, 15) is 0 Å². The van der Waals surface area contributed by atoms with Gasteiger partial charge < -0.3 is 0 Å². The monoisotopic (exact) mass is 255 g/mol. The lowest BCUT2D eigenvalue weighted by Gasteiger charge is -2.43. The third kappa shape index (κ3) is 1.71. The van der Waals surface area contributed by atoms with Crippen molar-refractivity contribution >= 4 is 0 Å². The third-order valence-electron chi connectivity index (χ3n) is 6.18. The van der Waals surface area contributed by atoms with Crippen LogP contribution in [0, 0.1) is 18.8 Å². The Morgan fingerprint density at radius 1 is 1.11 bits per heavy atom. The van der Waals surface area contributed by atoms with Gasteiger partial charge in [-0.25, -0.2) is 0 Å². The second-order valence-corrected chi connectivity index (χ2v) is 6.98. The van der Waals surface area contributed by atoms with Crippen LogP contribution >= 0.6 is 0 Å². The quantitative estimate of drug-likeness (QED) is 0.773. The molecule has 3 saturated heterocycles. The molecule has 0 aliphatic carbocycles. The van der Waals surface area contributed by atoms with Crippen molar-refractivity contribution in [2.45, 2.75) is 57.5 Å². The first-order valence-corrected chi connectivity index (χ1v) is 8.10. The van der Waals surface area contributed by atoms with Crippen LogP contribution in [0.25, 0.3) is 0 Å². The molecule has 3 heterocycles. The number of hydrogen-bond donors (Lipinski definition) is 0. The molecule has 19 heavy (non-hydrogen) atoms. The van der Waals surface area contributed by atoms with Crippen molar-refractivity contribution in [2.24, 2.45) is 11.8 Å². The van der Waals surface area contributed by atoms with Crippen molar-refractivity contribution in [2.75, 3.05) is 6.54 Å². The van der Waals surface area contributed by atoms with E-state index in [2.05, 4.69) is 43.0 Å². The Morgan fingerprint density at radius 3 is 2.63 bits per heavy atom. The summed E-state index contributed by atoms with van der Waals surface area (Å²) >= 11 is 0. The molecule has 1 nitrogen and oxygen atoms in total. The highest BCUT2D eigenvalue weighted by Gasteiger charge is 2.54. The van der Waals surface area contributed by atoms with Crippen molar-refractivity contribution in [3.63, 3.8) is 0 Å². The zero-order valence-corrected chi connectivity index (χ0v) is 12.2. The molecule has 0 saturated carbocycles. The van der Waals surface area contributed by atoms with Gasteiger partial charge in [-0.05, 0) is 56.0 Å². The number of rotatable bonds is 2. The summed E-state index contributed by atoms with van der Waals surface area (Å²) in [5.74, 6) is 2.73. The van der Waals surface area contributed by atoms with Crippen LogP contribution in [0.3, 0.4) is 0 Å². The smallest absolute Gasteiger partial charge is 0.0135 e. The summed E-state index contributed by atoms with van der Waals surface area (Å²) in [5.41, 5.74) is 2.99. The van der Waals surface area contributed by atoms with E-state index in [1.807, 2.05) is 0 Å². The van der Waals surface area contributed by atoms with Gasteiger partial charge in [0, 0.05) is 12.1 Å². The molecule has 0 aromatic heterocycles. The largest absolute Gasteiger partial charge is 0.297 e. The fourth-order valence-electron chi connectivity index (χ4n) is 5.28. The van der Waals surface area contributed by atoms with E-state index in [4.69, 9.17) is 0 Å². The molecular weight excluding hydrogens is 230 g/mol. The molecule has 4 bridgehead atoms. The van der Waals surface area contributed by atoms with E-state index in [-0.39, 0.29) is 0 Å². The van der Waals surface area contributed by atoms with Gasteiger partial charge in [-0.1, -0.05) is 43.2 Å². The van der Waals surface area contributed by atoms with Crippen LogP contribution in [0.15, 0.2) is 24.3 Å². The zero-order chi connectivity index (χ0) is 13.0. The summed E-state index contributed by atoms with van der Waals surface area (Å²) in [6.07, 6.45) is 5.73. The van der Waals surface area contributed by atoms with Crippen LogP contribution in [0.1, 0.15) is 49.7 Å². The van der Waals surface area contributed by atoms with Crippen molar-refractivity contribution in [3.05, 3.63) is 35.4 Å². The third-order valence-corrected chi connectivity index (χ3v) is 6.18. The van der Waals surface area contributed by atoms with Gasteiger partial charge >= 0.3 is 0 Å². The highest BCUT2D eigenvalue weighted by Crippen LogP contribution is 2.54. The summed E-state index contributed by atoms with van der Waals surface area (Å²) in [4.78, 5) is 2.86. The maximum Gasteiger partial charge on any atom is 0.0135 e. The lowest BCUT2D eigenvalue weighted by atomic mass is 9.75. The molecule has 0 radical (unpaired) electrons. The van der Waals surface area contributed by atoms with Gasteiger partial charge in [0.2, 0.25) is 0 Å². The second-order valence-electron chi connectivity index (χ2n) is 6.98. The minimum atomic E-state index is 0.819. The molecule has 0 N–H and O–H groups in total. The maximum absolute atomic E-state index is 2.86. The maximum atomic E-state index is 2.86. The second kappa shape index (κ2) is 4.34. The van der Waals surface area contributed by atoms with Crippen LogP contribution in [-0.4, -0.2) is 23.5 Å². The molecule has 3 fully saturated rings. The summed E-state index contributed by atoms with van der Waals surface area (Å²) in [6, 6.07) is 11.2. The van der Waals surface area contributed by atoms with Crippen LogP contribution in [-0.2, 0) is 0 Å². The molecule has 3 aliphatic rings. The summed E-state index contributed by atoms with van der Waals surface area (Å²) in [5, 5.41) is 0. The van der Waals surface area contributed by atoms with E-state index < -0.39 is 0 Å². The van der Waals surface area contributed by atoms with Crippen molar-refractivity contribution in [1.82, 2.24) is 4.90 Å². The zero-order valence-electron chi connectivity index (χ0n) is 12.2. The highest BCUT2D eigenvalue weighted by atomic mass is 15.3. The Balaban J connectivity index is 1.67. The minimum absolute atomic E-state index is 0.819. The van der Waals surface area contributed by atoms with Crippen LogP contribution in [0.2, 0.25) is 0 Å². The lowest BCUT2D eigenvalue weighted by molar-refractivity contribution is 0.0871. The first kappa shape index (κ1) is 12.0. The number of nitrogens with zero attached hydrogens (tertiary/aromatic N) is 1. The van der Waals surface area contributed by atoms with Gasteiger partial charge in [-0.3, -0.25) is 4.90 Å². The van der Waals surface area contributed by atoms with Crippen molar-refractivity contribution in [3.8, 4) is 0 Å². The molecule has 3 aliphatic heterocycles. The molecular formula is C18H25N. The summed E-state index contributed by atoms with van der Waals surface area (Å²) in [6.45, 7) is 5.98. The summed E-state index contributed by atoms with van der Waals surface area (Å²) in [7, 11) is 0. The molecule has 0 spiro atoms. The van der Waals surface area contributed by atoms with Gasteiger partial charge in [0.1, 0.15) is 0 Å². The Kier molecular flexibility index (Phi) is 2.73. The Hall–Kier alpha value is -0.820. The van der Waals surface area contributed by atoms with Crippen LogP contribution in [0.5, 0.6) is 0 Å². The first-order valence-electron chi connectivity index (χ1n) is 8.10. The van der Waals surface area contributed by atoms with Crippen LogP contribution < -0.4 is 0 Å². The number of benzene rings is 1. The van der Waals surface area contributed by atoms with E-state index in [0.29, 0.717) is 0 Å². The van der Waals surface area contributed by atoms with E-state index in [1.165, 1.54) is 37.8 Å². The Labute approximate surface area is 117 Å². The Bertz CT molecular complexity index is 463. The number of aryl methyl sites for hydroxylation is 1. The van der Waals surface area contributed by atoms with Crippen molar-refractivity contribution < 1.29 is 0 Å². The normalized spacial score (nSPS) is 43.7. The van der Waals surface area contributed by atoms with Gasteiger partial charge in [-0.15, -0.1) is 0 Å². The van der Waals surface area contributed by atoms with Crippen LogP contribution in [0.4, 0.5) is 0 Å². The molecule has 102 valence electrons. The minimum Gasteiger partial charge on any atom is -0.297 e. The summed E-state index contributed by atoms with van der Waals surface area (Å²) < 4.78 is 0. The first-order chi connectivity index (χ1) is 9.28. The average Bonchev–Trinajstić information content (AvgIpc) is 2.93. The predicted octanol–water partition coefficient (Wildman–Crippen LogP) is 3.97. The molecule has 4 rings (SSSR count). The number of piperidine rings is 2. The molecule has 1 aromatic rings. The topological polar surface area (TPSA) is 3.24 Å². The Morgan fingerprint density at radius 2 is 1.89 bits per heavy atom. The number of hydrogen-bond acceptors (Lipinski definition) is 1. The fourth-order valence-corrected chi connectivity index (χ4v) is 5.28. The average molecular weight is 255 g/mol. The van der Waals surface area contributed by atoms with E-state index >= 15 is 0 Å². The molecule has 1 unspecified atom stereocenters. The van der Waals surface area contributed by atoms with Gasteiger partial charge in [0.15, 0.2) is 0 Å². The molecule has 0 amide bonds. The fraction of sp³-hybridized carbons (Fsp3) is 0.667. The van der Waals surface area contributed by atoms with Gasteiger partial charge in [0.25, 0.3) is 0 Å². The molecule has 1 aromatic carbocycles.